The number of hydrogen-bond acceptors (Lipinski definition) is 2. The van der Waals surface area contributed by atoms with Crippen LogP contribution in [0.1, 0.15) is 71.8 Å². The molecule has 5 aromatic rings. The minimum absolute atomic E-state index is 0.204. The summed E-state index contributed by atoms with van der Waals surface area (Å²) in [7, 11) is 0. The molecule has 4 nitrogen and oxygen atoms in total. The maximum atomic E-state index is 9.69. The third-order valence-electron chi connectivity index (χ3n) is 11.1. The molecule has 4 aliphatic rings. The quantitative estimate of drug-likeness (QED) is 0.201. The summed E-state index contributed by atoms with van der Waals surface area (Å²) in [5, 5.41) is 21.6. The SMILES string of the molecule is N#CC1=CCC(n2c3c(c4ccccc42)CC(C2CCCC=C2c2ccccc2-n2c4c(c5cc(C#N)ccc52)C=CCC4)C=C3)C=C1. The Morgan fingerprint density at radius 1 is 0.792 bits per heavy atom. The van der Waals surface area contributed by atoms with Gasteiger partial charge in [0, 0.05) is 44.4 Å². The number of hydrogen-bond donors (Lipinski definition) is 0. The van der Waals surface area contributed by atoms with Gasteiger partial charge in [-0.05, 0) is 110 Å². The first kappa shape index (κ1) is 28.6. The molecule has 3 aromatic carbocycles. The standard InChI is InChI=1S/C44H36N4/c45-27-29-17-21-32(22-18-29)47-40-14-6-4-13-37(40)39-26-31(20-24-43(39)47)33-9-1-2-10-34(33)35-11-3-7-15-41(35)48-42-16-8-5-12-36(42)38-25-30(28-46)19-23-44(38)48/h3-7,10-15,17-21,23-25,31-33H,1-2,8-9,16,22,26H2. The normalized spacial score (nSPS) is 21.3. The fourth-order valence-electron chi connectivity index (χ4n) is 8.92. The fourth-order valence-corrected chi connectivity index (χ4v) is 8.92. The van der Waals surface area contributed by atoms with E-state index >= 15 is 0 Å². The Bertz CT molecular complexity index is 2370. The molecule has 0 radical (unpaired) electrons. The largest absolute Gasteiger partial charge is 0.333 e. The Morgan fingerprint density at radius 3 is 2.56 bits per heavy atom. The lowest BCUT2D eigenvalue weighted by Gasteiger charge is -2.34. The maximum absolute atomic E-state index is 9.69. The predicted octanol–water partition coefficient (Wildman–Crippen LogP) is 10.4. The first-order chi connectivity index (χ1) is 23.7. The molecule has 48 heavy (non-hydrogen) atoms. The lowest BCUT2D eigenvalue weighted by Crippen LogP contribution is -2.22. The van der Waals surface area contributed by atoms with Gasteiger partial charge in [-0.15, -0.1) is 0 Å². The number of fused-ring (bicyclic) bond motifs is 6. The van der Waals surface area contributed by atoms with Gasteiger partial charge in [0.25, 0.3) is 0 Å². The van der Waals surface area contributed by atoms with Crippen molar-refractivity contribution in [2.24, 2.45) is 11.8 Å². The molecule has 0 saturated heterocycles. The van der Waals surface area contributed by atoms with Crippen LogP contribution in [0.3, 0.4) is 0 Å². The van der Waals surface area contributed by atoms with Crippen LogP contribution < -0.4 is 0 Å². The summed E-state index contributed by atoms with van der Waals surface area (Å²) < 4.78 is 4.99. The zero-order valence-electron chi connectivity index (χ0n) is 26.9. The molecule has 0 aliphatic heterocycles. The molecule has 9 rings (SSSR count). The average molecular weight is 621 g/mol. The van der Waals surface area contributed by atoms with E-state index in [4.69, 9.17) is 0 Å². The van der Waals surface area contributed by atoms with Gasteiger partial charge in [-0.25, -0.2) is 0 Å². The molecule has 4 aliphatic carbocycles. The van der Waals surface area contributed by atoms with Crippen molar-refractivity contribution in [2.45, 2.75) is 51.0 Å². The third-order valence-corrected chi connectivity index (χ3v) is 11.1. The molecule has 0 bridgehead atoms. The summed E-state index contributed by atoms with van der Waals surface area (Å²) in [6.45, 7) is 0. The monoisotopic (exact) mass is 620 g/mol. The van der Waals surface area contributed by atoms with Gasteiger partial charge >= 0.3 is 0 Å². The Labute approximate surface area is 281 Å². The van der Waals surface area contributed by atoms with Crippen LogP contribution >= 0.6 is 0 Å². The fraction of sp³-hybridized carbons (Fsp3) is 0.227. The second-order valence-electron chi connectivity index (χ2n) is 13.6. The topological polar surface area (TPSA) is 57.4 Å². The highest BCUT2D eigenvalue weighted by atomic mass is 15.0. The summed E-state index contributed by atoms with van der Waals surface area (Å²) in [4.78, 5) is 0. The van der Waals surface area contributed by atoms with Crippen LogP contribution in [-0.4, -0.2) is 9.13 Å². The second-order valence-corrected chi connectivity index (χ2v) is 13.6. The van der Waals surface area contributed by atoms with E-state index in [2.05, 4.69) is 124 Å². The van der Waals surface area contributed by atoms with Crippen molar-refractivity contribution in [1.29, 1.82) is 10.5 Å². The van der Waals surface area contributed by atoms with Crippen LogP contribution in [-0.2, 0) is 12.8 Å². The highest BCUT2D eigenvalue weighted by molar-refractivity contribution is 5.95. The van der Waals surface area contributed by atoms with Gasteiger partial charge in [-0.2, -0.15) is 10.5 Å². The molecule has 2 aromatic heterocycles. The van der Waals surface area contributed by atoms with Crippen molar-refractivity contribution < 1.29 is 0 Å². The van der Waals surface area contributed by atoms with Gasteiger partial charge in [-0.1, -0.05) is 72.9 Å². The molecule has 0 N–H and O–H groups in total. The van der Waals surface area contributed by atoms with Gasteiger partial charge in [0.1, 0.15) is 0 Å². The Balaban J connectivity index is 1.13. The first-order valence-corrected chi connectivity index (χ1v) is 17.4. The summed E-state index contributed by atoms with van der Waals surface area (Å²) in [6.07, 6.45) is 25.5. The van der Waals surface area contributed by atoms with Crippen molar-refractivity contribution in [3.63, 3.8) is 0 Å². The maximum Gasteiger partial charge on any atom is 0.0991 e. The zero-order chi connectivity index (χ0) is 32.2. The molecule has 3 atom stereocenters. The summed E-state index contributed by atoms with van der Waals surface area (Å²) >= 11 is 0. The van der Waals surface area contributed by atoms with Crippen LogP contribution in [0, 0.1) is 34.5 Å². The summed E-state index contributed by atoms with van der Waals surface area (Å²) in [5.41, 5.74) is 13.3. The van der Waals surface area contributed by atoms with Crippen molar-refractivity contribution in [2.75, 3.05) is 0 Å². The molecule has 232 valence electrons. The van der Waals surface area contributed by atoms with E-state index in [1.165, 1.54) is 68.6 Å². The molecular formula is C44H36N4. The van der Waals surface area contributed by atoms with Gasteiger partial charge in [0.2, 0.25) is 0 Å². The minimum atomic E-state index is 0.204. The Morgan fingerprint density at radius 2 is 1.69 bits per heavy atom. The lowest BCUT2D eigenvalue weighted by molar-refractivity contribution is 0.430. The van der Waals surface area contributed by atoms with Crippen LogP contribution in [0.15, 0.2) is 109 Å². The summed E-state index contributed by atoms with van der Waals surface area (Å²) in [6, 6.07) is 28.9. The number of para-hydroxylation sites is 2. The van der Waals surface area contributed by atoms with Crippen LogP contribution in [0.4, 0.5) is 0 Å². The van der Waals surface area contributed by atoms with E-state index in [1.54, 1.807) is 0 Å². The highest BCUT2D eigenvalue weighted by Gasteiger charge is 2.33. The van der Waals surface area contributed by atoms with Crippen molar-refractivity contribution >= 4 is 39.5 Å². The van der Waals surface area contributed by atoms with E-state index in [-0.39, 0.29) is 6.04 Å². The van der Waals surface area contributed by atoms with Gasteiger partial charge < -0.3 is 9.13 Å². The second kappa shape index (κ2) is 11.6. The zero-order valence-corrected chi connectivity index (χ0v) is 26.9. The van der Waals surface area contributed by atoms with Crippen LogP contribution in [0.5, 0.6) is 0 Å². The Hall–Kier alpha value is -5.58. The smallest absolute Gasteiger partial charge is 0.0991 e. The van der Waals surface area contributed by atoms with Gasteiger partial charge in [-0.3, -0.25) is 0 Å². The predicted molar refractivity (Wildman–Crippen MR) is 195 cm³/mol. The van der Waals surface area contributed by atoms with Gasteiger partial charge in [0.15, 0.2) is 0 Å². The molecule has 0 saturated carbocycles. The molecular weight excluding hydrogens is 585 g/mol. The molecule has 0 spiro atoms. The van der Waals surface area contributed by atoms with E-state index in [1.807, 2.05) is 12.1 Å². The van der Waals surface area contributed by atoms with Crippen LogP contribution in [0.2, 0.25) is 0 Å². The molecule has 0 fully saturated rings. The molecule has 2 heterocycles. The van der Waals surface area contributed by atoms with E-state index in [0.717, 1.165) is 43.1 Å². The number of rotatable bonds is 4. The number of benzene rings is 3. The molecule has 4 heteroatoms. The van der Waals surface area contributed by atoms with Crippen molar-refractivity contribution in [1.82, 2.24) is 9.13 Å². The number of nitriles is 2. The Kier molecular flexibility index (Phi) is 6.91. The minimum Gasteiger partial charge on any atom is -0.333 e. The van der Waals surface area contributed by atoms with E-state index < -0.39 is 0 Å². The lowest BCUT2D eigenvalue weighted by atomic mass is 9.72. The third kappa shape index (κ3) is 4.48. The molecule has 0 amide bonds. The van der Waals surface area contributed by atoms with E-state index in [9.17, 15) is 10.5 Å². The number of allylic oxidation sites excluding steroid dienone is 8. The first-order valence-electron chi connectivity index (χ1n) is 17.4. The van der Waals surface area contributed by atoms with Crippen molar-refractivity contribution in [3.8, 4) is 17.8 Å². The average Bonchev–Trinajstić information content (AvgIpc) is 3.67. The highest BCUT2D eigenvalue weighted by Crippen LogP contribution is 2.46. The number of aromatic nitrogens is 2. The number of nitrogens with zero attached hydrogens (tertiary/aromatic N) is 4. The van der Waals surface area contributed by atoms with Crippen molar-refractivity contribution in [3.05, 3.63) is 142 Å². The van der Waals surface area contributed by atoms with Gasteiger partial charge in [0.05, 0.1) is 34.9 Å². The molecule has 3 unspecified atom stereocenters. The van der Waals surface area contributed by atoms with E-state index in [0.29, 0.717) is 17.4 Å². The van der Waals surface area contributed by atoms with Crippen LogP contribution in [0.25, 0.3) is 45.2 Å². The summed E-state index contributed by atoms with van der Waals surface area (Å²) in [5.74, 6) is 0.824.